The van der Waals surface area contributed by atoms with E-state index in [1.165, 1.54) is 0 Å². The topological polar surface area (TPSA) is 88.9 Å². The third kappa shape index (κ3) is 2.69. The van der Waals surface area contributed by atoms with Gasteiger partial charge in [0.15, 0.2) is 0 Å². The number of aromatic amines is 1. The molecular weight excluding hydrogens is 352 g/mol. The van der Waals surface area contributed by atoms with Gasteiger partial charge in [-0.25, -0.2) is 9.97 Å². The highest BCUT2D eigenvalue weighted by molar-refractivity contribution is 5.95. The van der Waals surface area contributed by atoms with Crippen LogP contribution in [0.1, 0.15) is 28.8 Å². The van der Waals surface area contributed by atoms with Crippen LogP contribution in [0, 0.1) is 11.3 Å². The number of H-pyrrole nitrogens is 1. The van der Waals surface area contributed by atoms with Gasteiger partial charge in [0.1, 0.15) is 17.8 Å². The Morgan fingerprint density at radius 2 is 1.89 bits per heavy atom. The molecule has 0 aliphatic carbocycles. The number of hydrogen-bond acceptors (Lipinski definition) is 5. The number of carbonyl (C=O) groups excluding carboxylic acids is 1. The first-order valence-electron chi connectivity index (χ1n) is 9.56. The van der Waals surface area contributed by atoms with E-state index in [-0.39, 0.29) is 18.0 Å². The van der Waals surface area contributed by atoms with Crippen LogP contribution in [0.4, 0.5) is 5.82 Å². The van der Waals surface area contributed by atoms with E-state index in [0.717, 1.165) is 48.3 Å². The number of nitrogens with one attached hydrogen (secondary N) is 1. The van der Waals surface area contributed by atoms with Crippen LogP contribution < -0.4 is 4.90 Å². The molecule has 2 saturated heterocycles. The van der Waals surface area contributed by atoms with Crippen molar-refractivity contribution >= 4 is 22.8 Å². The number of aromatic nitrogens is 3. The average molecular weight is 372 g/mol. The van der Waals surface area contributed by atoms with E-state index in [9.17, 15) is 4.79 Å². The molecule has 1 amide bonds. The molecule has 4 heterocycles. The molecule has 3 aromatic rings. The van der Waals surface area contributed by atoms with Crippen molar-refractivity contribution in [1.29, 1.82) is 5.26 Å². The van der Waals surface area contributed by atoms with Gasteiger partial charge in [-0.3, -0.25) is 4.79 Å². The first-order chi connectivity index (χ1) is 13.7. The van der Waals surface area contributed by atoms with Crippen molar-refractivity contribution in [2.75, 3.05) is 18.0 Å². The summed E-state index contributed by atoms with van der Waals surface area (Å²) in [5, 5.41) is 9.83. The van der Waals surface area contributed by atoms with E-state index in [4.69, 9.17) is 5.26 Å². The van der Waals surface area contributed by atoms with Gasteiger partial charge in [0, 0.05) is 24.8 Å². The maximum Gasteiger partial charge on any atom is 0.254 e. The summed E-state index contributed by atoms with van der Waals surface area (Å²) in [6.07, 6.45) is 5.87. The molecule has 1 N–H and O–H groups in total. The van der Waals surface area contributed by atoms with Crippen LogP contribution in [0.5, 0.6) is 0 Å². The second kappa shape index (κ2) is 6.64. The molecule has 28 heavy (non-hydrogen) atoms. The minimum atomic E-state index is 0.0881. The Balaban J connectivity index is 1.38. The minimum absolute atomic E-state index is 0.0881. The lowest BCUT2D eigenvalue weighted by Gasteiger charge is -2.41. The fourth-order valence-corrected chi connectivity index (χ4v) is 4.52. The van der Waals surface area contributed by atoms with Crippen LogP contribution in [0.25, 0.3) is 11.0 Å². The number of anilines is 1. The molecule has 0 spiro atoms. The van der Waals surface area contributed by atoms with Gasteiger partial charge < -0.3 is 14.8 Å². The molecule has 1 aromatic carbocycles. The van der Waals surface area contributed by atoms with Crippen molar-refractivity contribution in [3.05, 3.63) is 54.0 Å². The molecule has 0 radical (unpaired) electrons. The number of fused-ring (bicyclic) bond motifs is 3. The Kier molecular flexibility index (Phi) is 3.97. The fourth-order valence-electron chi connectivity index (χ4n) is 4.52. The molecule has 0 unspecified atom stereocenters. The largest absolute Gasteiger partial charge is 0.352 e. The molecule has 0 saturated carbocycles. The van der Waals surface area contributed by atoms with E-state index in [2.05, 4.69) is 30.8 Å². The Bertz CT molecular complexity index is 1050. The lowest BCUT2D eigenvalue weighted by Crippen LogP contribution is -2.56. The third-order valence-corrected chi connectivity index (χ3v) is 5.83. The molecule has 5 rings (SSSR count). The van der Waals surface area contributed by atoms with E-state index >= 15 is 0 Å². The number of carbonyl (C=O) groups is 1. The Morgan fingerprint density at radius 3 is 2.61 bits per heavy atom. The quantitative estimate of drug-likeness (QED) is 0.763. The zero-order valence-corrected chi connectivity index (χ0v) is 15.4. The van der Waals surface area contributed by atoms with Crippen LogP contribution in [-0.4, -0.2) is 50.9 Å². The maximum atomic E-state index is 13.2. The predicted molar refractivity (Wildman–Crippen MR) is 105 cm³/mol. The van der Waals surface area contributed by atoms with Gasteiger partial charge in [0.25, 0.3) is 5.91 Å². The van der Waals surface area contributed by atoms with Crippen LogP contribution in [-0.2, 0) is 6.42 Å². The summed E-state index contributed by atoms with van der Waals surface area (Å²) >= 11 is 0. The smallest absolute Gasteiger partial charge is 0.254 e. The third-order valence-electron chi connectivity index (χ3n) is 5.83. The van der Waals surface area contributed by atoms with E-state index < -0.39 is 0 Å². The standard InChI is InChI=1S/C21H20N6O/c22-9-7-14-1-3-15(4-2-14)21(28)27-16-5-6-17(27)12-26(11-16)20-18-8-10-23-19(18)24-13-25-20/h1-4,8,10,13,16-17H,5-7,11-12H2,(H,23,24,25)/t16-,17-/m1/s1. The Labute approximate surface area is 162 Å². The SMILES string of the molecule is N#CCc1ccc(C(=O)N2[C@@H]3CC[C@@H]2CN(c2ncnc4[nH]ccc24)C3)cc1. The summed E-state index contributed by atoms with van der Waals surface area (Å²) in [6, 6.07) is 12.0. The fraction of sp³-hybridized carbons (Fsp3) is 0.333. The zero-order valence-electron chi connectivity index (χ0n) is 15.4. The van der Waals surface area contributed by atoms with E-state index in [1.54, 1.807) is 6.33 Å². The average Bonchev–Trinajstić information content (AvgIpc) is 3.30. The van der Waals surface area contributed by atoms with Gasteiger partial charge in [0.2, 0.25) is 0 Å². The molecule has 2 aliphatic rings. The summed E-state index contributed by atoms with van der Waals surface area (Å²) in [4.78, 5) is 29.4. The lowest BCUT2D eigenvalue weighted by molar-refractivity contribution is 0.0641. The number of benzene rings is 1. The van der Waals surface area contributed by atoms with E-state index in [0.29, 0.717) is 12.0 Å². The van der Waals surface area contributed by atoms with E-state index in [1.807, 2.05) is 36.5 Å². The summed E-state index contributed by atoms with van der Waals surface area (Å²) in [5.41, 5.74) is 2.47. The number of nitriles is 1. The second-order valence-electron chi connectivity index (χ2n) is 7.47. The Hall–Kier alpha value is -3.40. The van der Waals surface area contributed by atoms with Crippen molar-refractivity contribution in [2.24, 2.45) is 0 Å². The molecule has 7 nitrogen and oxygen atoms in total. The Morgan fingerprint density at radius 1 is 1.14 bits per heavy atom. The van der Waals surface area contributed by atoms with Gasteiger partial charge in [-0.2, -0.15) is 5.26 Å². The lowest BCUT2D eigenvalue weighted by atomic mass is 10.1. The van der Waals surface area contributed by atoms with Crippen LogP contribution in [0.15, 0.2) is 42.9 Å². The van der Waals surface area contributed by atoms with Gasteiger partial charge in [-0.1, -0.05) is 12.1 Å². The molecular formula is C21H20N6O. The predicted octanol–water partition coefficient (Wildman–Crippen LogP) is 2.52. The molecule has 2 bridgehead atoms. The summed E-state index contributed by atoms with van der Waals surface area (Å²) in [5.74, 6) is 1.03. The van der Waals surface area contributed by atoms with Gasteiger partial charge in [-0.15, -0.1) is 0 Å². The first kappa shape index (κ1) is 16.8. The van der Waals surface area contributed by atoms with Crippen molar-refractivity contribution < 1.29 is 4.79 Å². The van der Waals surface area contributed by atoms with Gasteiger partial charge in [-0.05, 0) is 36.6 Å². The highest BCUT2D eigenvalue weighted by Crippen LogP contribution is 2.35. The van der Waals surface area contributed by atoms with Crippen LogP contribution >= 0.6 is 0 Å². The molecule has 2 atom stereocenters. The number of nitrogens with zero attached hydrogens (tertiary/aromatic N) is 5. The highest BCUT2D eigenvalue weighted by atomic mass is 16.2. The summed E-state index contributed by atoms with van der Waals surface area (Å²) < 4.78 is 0. The number of hydrogen-bond donors (Lipinski definition) is 1. The van der Waals surface area contributed by atoms with Crippen LogP contribution in [0.3, 0.4) is 0 Å². The molecule has 7 heteroatoms. The first-order valence-corrected chi connectivity index (χ1v) is 9.56. The zero-order chi connectivity index (χ0) is 19.1. The molecule has 2 aliphatic heterocycles. The van der Waals surface area contributed by atoms with Crippen molar-refractivity contribution in [2.45, 2.75) is 31.3 Å². The second-order valence-corrected chi connectivity index (χ2v) is 7.47. The number of piperazine rings is 1. The van der Waals surface area contributed by atoms with Gasteiger partial charge in [0.05, 0.1) is 30.0 Å². The van der Waals surface area contributed by atoms with Crippen molar-refractivity contribution in [3.8, 4) is 6.07 Å². The number of rotatable bonds is 3. The molecule has 2 fully saturated rings. The summed E-state index contributed by atoms with van der Waals surface area (Å²) in [7, 11) is 0. The van der Waals surface area contributed by atoms with Gasteiger partial charge >= 0.3 is 0 Å². The van der Waals surface area contributed by atoms with Crippen LogP contribution in [0.2, 0.25) is 0 Å². The molecule has 140 valence electrons. The monoisotopic (exact) mass is 372 g/mol. The number of amides is 1. The normalized spacial score (nSPS) is 21.1. The van der Waals surface area contributed by atoms with Crippen molar-refractivity contribution in [3.63, 3.8) is 0 Å². The molecule has 2 aromatic heterocycles. The summed E-state index contributed by atoms with van der Waals surface area (Å²) in [6.45, 7) is 1.57. The van der Waals surface area contributed by atoms with Crippen molar-refractivity contribution in [1.82, 2.24) is 19.9 Å². The maximum absolute atomic E-state index is 13.2. The minimum Gasteiger partial charge on any atom is -0.352 e. The highest BCUT2D eigenvalue weighted by Gasteiger charge is 2.43.